The molecule has 2 N–H and O–H groups in total. The first-order chi connectivity index (χ1) is 17.0. The number of benzene rings is 1. The van der Waals surface area contributed by atoms with E-state index >= 15 is 0 Å². The minimum Gasteiger partial charge on any atom is -0.393 e. The Bertz CT molecular complexity index is 1520. The van der Waals surface area contributed by atoms with Gasteiger partial charge >= 0.3 is 5.69 Å². The van der Waals surface area contributed by atoms with Gasteiger partial charge in [0.05, 0.1) is 34.5 Å². The van der Waals surface area contributed by atoms with Crippen molar-refractivity contribution in [1.29, 1.82) is 5.41 Å². The lowest BCUT2D eigenvalue weighted by Gasteiger charge is -2.30. The Labute approximate surface area is 202 Å². The van der Waals surface area contributed by atoms with Crippen molar-refractivity contribution in [2.45, 2.75) is 18.9 Å². The maximum absolute atomic E-state index is 13.3. The van der Waals surface area contributed by atoms with Crippen LogP contribution >= 0.6 is 0 Å². The SMILES string of the molecule is CN/C=C(\C=N)c1ccc(-c2ccc3ncc4c(c3c2)n(C2CCCN(C=O)C2)c(=O)n4C)cn1. The first-order valence-corrected chi connectivity index (χ1v) is 11.6. The summed E-state index contributed by atoms with van der Waals surface area (Å²) in [5.41, 5.74) is 5.59. The normalized spacial score (nSPS) is 16.6. The lowest BCUT2D eigenvalue weighted by atomic mass is 10.0. The van der Waals surface area contributed by atoms with Crippen molar-refractivity contribution in [1.82, 2.24) is 29.3 Å². The number of allylic oxidation sites excluding steroid dienone is 1. The quantitative estimate of drug-likeness (QED) is 0.333. The molecule has 3 aromatic heterocycles. The van der Waals surface area contributed by atoms with Gasteiger partial charge < -0.3 is 15.6 Å². The molecule has 35 heavy (non-hydrogen) atoms. The van der Waals surface area contributed by atoms with Crippen molar-refractivity contribution in [3.05, 3.63) is 65.1 Å². The third kappa shape index (κ3) is 3.88. The average Bonchev–Trinajstić information content (AvgIpc) is 3.17. The first-order valence-electron chi connectivity index (χ1n) is 11.6. The molecular weight excluding hydrogens is 442 g/mol. The average molecular weight is 470 g/mol. The van der Waals surface area contributed by atoms with Gasteiger partial charge in [-0.05, 0) is 36.6 Å². The molecule has 4 heterocycles. The molecule has 0 radical (unpaired) electrons. The first kappa shape index (κ1) is 22.5. The Morgan fingerprint density at radius 2 is 2.00 bits per heavy atom. The fraction of sp³-hybridized carbons (Fsp3) is 0.269. The van der Waals surface area contributed by atoms with Crippen molar-refractivity contribution in [2.24, 2.45) is 7.05 Å². The van der Waals surface area contributed by atoms with Crippen molar-refractivity contribution >= 4 is 40.1 Å². The summed E-state index contributed by atoms with van der Waals surface area (Å²) in [5, 5.41) is 11.4. The van der Waals surface area contributed by atoms with Gasteiger partial charge in [-0.15, -0.1) is 0 Å². The van der Waals surface area contributed by atoms with Gasteiger partial charge in [-0.3, -0.25) is 23.9 Å². The number of pyridine rings is 2. The molecule has 1 aromatic carbocycles. The lowest BCUT2D eigenvalue weighted by molar-refractivity contribution is -0.119. The van der Waals surface area contributed by atoms with Crippen LogP contribution in [0.4, 0.5) is 0 Å². The molecule has 1 aliphatic heterocycles. The standard InChI is InChI=1S/C26H27N7O2/c1-28-12-19(11-27)22-7-6-18(13-29-22)17-5-8-23-21(10-17)25-24(14-30-23)31(2)26(35)33(25)20-4-3-9-32(15-20)16-34/h5-8,10-14,16,20,27-28H,3-4,9,15H2,1-2H3/b19-12+,27-11?. The topological polar surface area (TPSA) is 109 Å². The van der Waals surface area contributed by atoms with Gasteiger partial charge in [0.2, 0.25) is 6.41 Å². The molecule has 1 amide bonds. The van der Waals surface area contributed by atoms with Gasteiger partial charge in [0.1, 0.15) is 0 Å². The molecule has 1 fully saturated rings. The van der Waals surface area contributed by atoms with Crippen LogP contribution in [0.25, 0.3) is 38.6 Å². The molecule has 9 nitrogen and oxygen atoms in total. The maximum Gasteiger partial charge on any atom is 0.329 e. The van der Waals surface area contributed by atoms with Gasteiger partial charge in [-0.25, -0.2) is 4.79 Å². The van der Waals surface area contributed by atoms with Crippen LogP contribution in [0.1, 0.15) is 24.6 Å². The zero-order valence-electron chi connectivity index (χ0n) is 19.7. The molecule has 0 saturated carbocycles. The van der Waals surface area contributed by atoms with E-state index in [4.69, 9.17) is 5.41 Å². The van der Waals surface area contributed by atoms with Crippen LogP contribution in [0.15, 0.2) is 53.7 Å². The Morgan fingerprint density at radius 3 is 2.71 bits per heavy atom. The second-order valence-electron chi connectivity index (χ2n) is 8.80. The smallest absolute Gasteiger partial charge is 0.329 e. The zero-order chi connectivity index (χ0) is 24.5. The van der Waals surface area contributed by atoms with Crippen molar-refractivity contribution in [3.63, 3.8) is 0 Å². The summed E-state index contributed by atoms with van der Waals surface area (Å²) in [6.07, 6.45) is 9.11. The summed E-state index contributed by atoms with van der Waals surface area (Å²) in [5.74, 6) is 0. The maximum atomic E-state index is 13.3. The van der Waals surface area contributed by atoms with Gasteiger partial charge in [0.15, 0.2) is 0 Å². The summed E-state index contributed by atoms with van der Waals surface area (Å²) >= 11 is 0. The van der Waals surface area contributed by atoms with E-state index in [-0.39, 0.29) is 11.7 Å². The number of likely N-dealkylation sites (tertiary alicyclic amines) is 1. The molecule has 1 unspecified atom stereocenters. The molecule has 178 valence electrons. The van der Waals surface area contributed by atoms with E-state index in [1.807, 2.05) is 28.8 Å². The summed E-state index contributed by atoms with van der Waals surface area (Å²) in [4.78, 5) is 35.6. The number of aryl methyl sites for hydroxylation is 1. The molecule has 0 aliphatic carbocycles. The van der Waals surface area contributed by atoms with Crippen LogP contribution in [0.5, 0.6) is 0 Å². The number of carbonyl (C=O) groups is 1. The molecular formula is C26H27N7O2. The number of piperidine rings is 1. The highest BCUT2D eigenvalue weighted by Crippen LogP contribution is 2.31. The third-order valence-corrected chi connectivity index (χ3v) is 6.71. The Kier molecular flexibility index (Phi) is 5.90. The lowest BCUT2D eigenvalue weighted by Crippen LogP contribution is -2.39. The molecule has 5 rings (SSSR count). The number of hydrogen-bond donors (Lipinski definition) is 2. The fourth-order valence-electron chi connectivity index (χ4n) is 4.92. The van der Waals surface area contributed by atoms with E-state index in [0.29, 0.717) is 17.8 Å². The minimum atomic E-state index is -0.0982. The Hall–Kier alpha value is -4.27. The number of aromatic nitrogens is 4. The van der Waals surface area contributed by atoms with Crippen LogP contribution < -0.4 is 11.0 Å². The molecule has 1 aliphatic rings. The summed E-state index contributed by atoms with van der Waals surface area (Å²) in [6.45, 7) is 1.24. The van der Waals surface area contributed by atoms with Crippen LogP contribution in [0.2, 0.25) is 0 Å². The third-order valence-electron chi connectivity index (χ3n) is 6.71. The van der Waals surface area contributed by atoms with Crippen LogP contribution in [-0.4, -0.2) is 56.8 Å². The monoisotopic (exact) mass is 469 g/mol. The predicted octanol–water partition coefficient (Wildman–Crippen LogP) is 2.95. The molecule has 1 atom stereocenters. The number of nitrogens with zero attached hydrogens (tertiary/aromatic N) is 5. The number of carbonyl (C=O) groups excluding carboxylic acids is 1. The zero-order valence-corrected chi connectivity index (χ0v) is 19.7. The molecule has 0 spiro atoms. The molecule has 1 saturated heterocycles. The summed E-state index contributed by atoms with van der Waals surface area (Å²) in [6, 6.07) is 9.80. The van der Waals surface area contributed by atoms with Gasteiger partial charge in [0.25, 0.3) is 0 Å². The van der Waals surface area contributed by atoms with E-state index in [1.165, 1.54) is 6.21 Å². The highest BCUT2D eigenvalue weighted by molar-refractivity contribution is 6.07. The van der Waals surface area contributed by atoms with E-state index in [2.05, 4.69) is 21.4 Å². The van der Waals surface area contributed by atoms with Crippen LogP contribution in [0, 0.1) is 5.41 Å². The van der Waals surface area contributed by atoms with Crippen molar-refractivity contribution in [3.8, 4) is 11.1 Å². The van der Waals surface area contributed by atoms with Gasteiger partial charge in [-0.2, -0.15) is 0 Å². The van der Waals surface area contributed by atoms with E-state index in [0.717, 1.165) is 58.9 Å². The van der Waals surface area contributed by atoms with E-state index in [1.54, 1.807) is 42.2 Å². The predicted molar refractivity (Wildman–Crippen MR) is 137 cm³/mol. The number of hydrogen-bond acceptors (Lipinski definition) is 6. The van der Waals surface area contributed by atoms with Crippen molar-refractivity contribution < 1.29 is 4.79 Å². The molecule has 9 heteroatoms. The second-order valence-corrected chi connectivity index (χ2v) is 8.80. The number of imidazole rings is 1. The highest BCUT2D eigenvalue weighted by Gasteiger charge is 2.26. The Morgan fingerprint density at radius 1 is 1.17 bits per heavy atom. The van der Waals surface area contributed by atoms with Gasteiger partial charge in [0, 0.05) is 62.3 Å². The fourth-order valence-corrected chi connectivity index (χ4v) is 4.92. The highest BCUT2D eigenvalue weighted by atomic mass is 16.2. The second kappa shape index (κ2) is 9.17. The largest absolute Gasteiger partial charge is 0.393 e. The van der Waals surface area contributed by atoms with Crippen LogP contribution in [-0.2, 0) is 11.8 Å². The van der Waals surface area contributed by atoms with E-state index < -0.39 is 0 Å². The molecule has 0 bridgehead atoms. The van der Waals surface area contributed by atoms with Crippen molar-refractivity contribution in [2.75, 3.05) is 20.1 Å². The number of rotatable bonds is 6. The summed E-state index contributed by atoms with van der Waals surface area (Å²) in [7, 11) is 3.55. The molecule has 4 aromatic rings. The van der Waals surface area contributed by atoms with Crippen LogP contribution in [0.3, 0.4) is 0 Å². The Balaban J connectivity index is 1.65. The minimum absolute atomic E-state index is 0.0844. The number of amides is 1. The van der Waals surface area contributed by atoms with E-state index in [9.17, 15) is 9.59 Å². The number of nitrogens with one attached hydrogen (secondary N) is 2. The number of fused-ring (bicyclic) bond motifs is 3. The van der Waals surface area contributed by atoms with Gasteiger partial charge in [-0.1, -0.05) is 12.1 Å². The summed E-state index contributed by atoms with van der Waals surface area (Å²) < 4.78 is 3.48.